The van der Waals surface area contributed by atoms with E-state index in [9.17, 15) is 13.2 Å². The molecule has 0 unspecified atom stereocenters. The Balaban J connectivity index is 1.59. The summed E-state index contributed by atoms with van der Waals surface area (Å²) in [6, 6.07) is 8.60. The molecule has 0 aliphatic carbocycles. The molecule has 9 nitrogen and oxygen atoms in total. The number of amides is 1. The first-order chi connectivity index (χ1) is 13.3. The third-order valence-corrected chi connectivity index (χ3v) is 5.47. The van der Waals surface area contributed by atoms with Gasteiger partial charge in [-0.3, -0.25) is 14.2 Å². The number of carbonyl (C=O) groups excluding carboxylic acids is 1. The molecule has 0 fully saturated rings. The van der Waals surface area contributed by atoms with Gasteiger partial charge in [0.15, 0.2) is 11.0 Å². The number of anilines is 2. The maximum absolute atomic E-state index is 12.4. The van der Waals surface area contributed by atoms with Gasteiger partial charge in [0, 0.05) is 24.8 Å². The summed E-state index contributed by atoms with van der Waals surface area (Å²) in [5, 5.41) is 14.2. The Morgan fingerprint density at radius 2 is 1.89 bits per heavy atom. The van der Waals surface area contributed by atoms with Gasteiger partial charge in [0.2, 0.25) is 5.91 Å². The molecule has 2 aromatic heterocycles. The second kappa shape index (κ2) is 8.67. The van der Waals surface area contributed by atoms with E-state index in [0.29, 0.717) is 12.2 Å². The maximum atomic E-state index is 12.4. The highest BCUT2D eigenvalue weighted by Crippen LogP contribution is 2.18. The number of benzene rings is 1. The van der Waals surface area contributed by atoms with Crippen molar-refractivity contribution in [1.82, 2.24) is 20.0 Å². The molecule has 1 amide bonds. The minimum absolute atomic E-state index is 0.0173. The summed E-state index contributed by atoms with van der Waals surface area (Å²) in [7, 11) is -3.84. The van der Waals surface area contributed by atoms with Gasteiger partial charge in [0.05, 0.1) is 15.6 Å². The zero-order chi connectivity index (χ0) is 20.1. The molecule has 3 aromatic rings. The molecule has 0 spiro atoms. The summed E-state index contributed by atoms with van der Waals surface area (Å²) in [4.78, 5) is 12.0. The van der Waals surface area contributed by atoms with Crippen LogP contribution >= 0.6 is 27.5 Å². The number of rotatable bonds is 7. The van der Waals surface area contributed by atoms with Gasteiger partial charge in [0.25, 0.3) is 10.0 Å². The SMILES string of the molecule is O=C(CCn1cc(Br)cn1)Nc1ccc(S(=O)(=O)Nc2ccc(Cl)nn2)cc1. The lowest BCUT2D eigenvalue weighted by atomic mass is 10.3. The lowest BCUT2D eigenvalue weighted by Gasteiger charge is -2.09. The molecule has 0 aliphatic rings. The molecule has 3 rings (SSSR count). The Bertz CT molecular complexity index is 1070. The number of aromatic nitrogens is 4. The number of halogens is 2. The number of nitrogens with zero attached hydrogens (tertiary/aromatic N) is 4. The molecule has 12 heteroatoms. The van der Waals surface area contributed by atoms with Gasteiger partial charge in [0.1, 0.15) is 0 Å². The van der Waals surface area contributed by atoms with Crippen molar-refractivity contribution in [1.29, 1.82) is 0 Å². The first kappa shape index (κ1) is 20.2. The van der Waals surface area contributed by atoms with Crippen LogP contribution in [0.15, 0.2) is 58.2 Å². The van der Waals surface area contributed by atoms with E-state index in [-0.39, 0.29) is 28.2 Å². The Kier molecular flexibility index (Phi) is 6.27. The number of hydrogen-bond donors (Lipinski definition) is 2. The summed E-state index contributed by atoms with van der Waals surface area (Å²) in [6.07, 6.45) is 3.64. The van der Waals surface area contributed by atoms with Crippen LogP contribution in [0.1, 0.15) is 6.42 Å². The zero-order valence-electron chi connectivity index (χ0n) is 14.2. The third kappa shape index (κ3) is 5.50. The highest BCUT2D eigenvalue weighted by Gasteiger charge is 2.15. The molecule has 2 N–H and O–H groups in total. The Hall–Kier alpha value is -2.50. The van der Waals surface area contributed by atoms with Crippen molar-refractivity contribution < 1.29 is 13.2 Å². The Morgan fingerprint density at radius 1 is 1.14 bits per heavy atom. The third-order valence-electron chi connectivity index (χ3n) is 3.49. The van der Waals surface area contributed by atoms with Gasteiger partial charge in [-0.25, -0.2) is 8.42 Å². The Morgan fingerprint density at radius 3 is 2.50 bits per heavy atom. The Labute approximate surface area is 174 Å². The maximum Gasteiger partial charge on any atom is 0.263 e. The topological polar surface area (TPSA) is 119 Å². The molecule has 2 heterocycles. The van der Waals surface area contributed by atoms with Crippen molar-refractivity contribution in [2.75, 3.05) is 10.0 Å². The number of aryl methyl sites for hydroxylation is 1. The lowest BCUT2D eigenvalue weighted by Crippen LogP contribution is -2.16. The molecule has 0 aliphatic heterocycles. The monoisotopic (exact) mass is 484 g/mol. The predicted molar refractivity (Wildman–Crippen MR) is 107 cm³/mol. The molecular formula is C16H14BrClN6O3S. The standard InChI is InChI=1S/C16H14BrClN6O3S/c17-11-9-19-24(10-11)8-7-16(25)20-12-1-3-13(4-2-12)28(26,27)23-15-6-5-14(18)21-22-15/h1-6,9-10H,7-8H2,(H,20,25)(H,22,23). The number of carbonyl (C=O) groups is 1. The molecule has 1 aromatic carbocycles. The summed E-state index contributed by atoms with van der Waals surface area (Å²) < 4.78 is 29.5. The highest BCUT2D eigenvalue weighted by molar-refractivity contribution is 9.10. The van der Waals surface area contributed by atoms with E-state index in [1.165, 1.54) is 36.4 Å². The van der Waals surface area contributed by atoms with E-state index in [1.807, 2.05) is 0 Å². The first-order valence-electron chi connectivity index (χ1n) is 7.92. The van der Waals surface area contributed by atoms with Crippen LogP contribution in [0.3, 0.4) is 0 Å². The van der Waals surface area contributed by atoms with Crippen LogP contribution in [0.5, 0.6) is 0 Å². The van der Waals surface area contributed by atoms with Crippen LogP contribution in [-0.2, 0) is 21.4 Å². The molecular weight excluding hydrogens is 472 g/mol. The fourth-order valence-electron chi connectivity index (χ4n) is 2.18. The van der Waals surface area contributed by atoms with Crippen LogP contribution in [0, 0.1) is 0 Å². The summed E-state index contributed by atoms with van der Waals surface area (Å²) in [5.74, 6) is -0.163. The molecule has 0 bridgehead atoms. The van der Waals surface area contributed by atoms with Crippen LogP contribution in [-0.4, -0.2) is 34.3 Å². The fraction of sp³-hybridized carbons (Fsp3) is 0.125. The van der Waals surface area contributed by atoms with Crippen molar-refractivity contribution in [2.24, 2.45) is 0 Å². The van der Waals surface area contributed by atoms with Gasteiger partial charge in [-0.2, -0.15) is 5.10 Å². The average molecular weight is 486 g/mol. The summed E-state index contributed by atoms with van der Waals surface area (Å²) in [5.41, 5.74) is 0.483. The largest absolute Gasteiger partial charge is 0.326 e. The number of nitrogens with one attached hydrogen (secondary N) is 2. The van der Waals surface area contributed by atoms with E-state index in [0.717, 1.165) is 4.47 Å². The molecule has 0 radical (unpaired) electrons. The van der Waals surface area contributed by atoms with Crippen LogP contribution < -0.4 is 10.0 Å². The predicted octanol–water partition coefficient (Wildman–Crippen LogP) is 2.92. The molecule has 0 atom stereocenters. The second-order valence-electron chi connectivity index (χ2n) is 5.59. The van der Waals surface area contributed by atoms with Crippen molar-refractivity contribution in [3.8, 4) is 0 Å². The van der Waals surface area contributed by atoms with Crippen LogP contribution in [0.2, 0.25) is 5.15 Å². The number of sulfonamides is 1. The number of hydrogen-bond acceptors (Lipinski definition) is 6. The molecule has 0 saturated carbocycles. The molecule has 28 heavy (non-hydrogen) atoms. The lowest BCUT2D eigenvalue weighted by molar-refractivity contribution is -0.116. The van der Waals surface area contributed by atoms with E-state index in [4.69, 9.17) is 11.6 Å². The highest BCUT2D eigenvalue weighted by atomic mass is 79.9. The smallest absolute Gasteiger partial charge is 0.263 e. The normalized spacial score (nSPS) is 11.2. The van der Waals surface area contributed by atoms with E-state index in [1.54, 1.807) is 17.1 Å². The van der Waals surface area contributed by atoms with Gasteiger partial charge in [-0.05, 0) is 52.3 Å². The minimum Gasteiger partial charge on any atom is -0.326 e. The summed E-state index contributed by atoms with van der Waals surface area (Å²) in [6.45, 7) is 0.427. The van der Waals surface area contributed by atoms with Gasteiger partial charge in [-0.15, -0.1) is 10.2 Å². The van der Waals surface area contributed by atoms with Crippen molar-refractivity contribution in [3.63, 3.8) is 0 Å². The zero-order valence-corrected chi connectivity index (χ0v) is 17.4. The van der Waals surface area contributed by atoms with E-state index >= 15 is 0 Å². The minimum atomic E-state index is -3.84. The summed E-state index contributed by atoms with van der Waals surface area (Å²) >= 11 is 8.91. The van der Waals surface area contributed by atoms with E-state index in [2.05, 4.69) is 41.3 Å². The first-order valence-corrected chi connectivity index (χ1v) is 10.6. The second-order valence-corrected chi connectivity index (χ2v) is 8.58. The van der Waals surface area contributed by atoms with Crippen LogP contribution in [0.4, 0.5) is 11.5 Å². The van der Waals surface area contributed by atoms with E-state index < -0.39 is 10.0 Å². The van der Waals surface area contributed by atoms with Gasteiger partial charge >= 0.3 is 0 Å². The van der Waals surface area contributed by atoms with Gasteiger partial charge in [-0.1, -0.05) is 11.6 Å². The molecule has 146 valence electrons. The van der Waals surface area contributed by atoms with Crippen LogP contribution in [0.25, 0.3) is 0 Å². The van der Waals surface area contributed by atoms with Crippen molar-refractivity contribution >= 4 is 55.0 Å². The quantitative estimate of drug-likeness (QED) is 0.531. The average Bonchev–Trinajstić information content (AvgIpc) is 3.08. The fourth-order valence-corrected chi connectivity index (χ4v) is 3.61. The molecule has 0 saturated heterocycles. The van der Waals surface area contributed by atoms with Gasteiger partial charge < -0.3 is 5.32 Å². The van der Waals surface area contributed by atoms with Crippen molar-refractivity contribution in [2.45, 2.75) is 17.9 Å². The van der Waals surface area contributed by atoms with Crippen molar-refractivity contribution in [3.05, 3.63) is 58.4 Å².